The van der Waals surface area contributed by atoms with E-state index in [9.17, 15) is 0 Å². The van der Waals surface area contributed by atoms with Crippen LogP contribution in [0.3, 0.4) is 0 Å². The molecule has 5 aromatic heterocycles. The second-order valence-corrected chi connectivity index (χ2v) is 33.9. The minimum Gasteiger partial charge on any atom is -0.477 e. The minimum absolute atomic E-state index is 0. The van der Waals surface area contributed by atoms with Gasteiger partial charge >= 0.3 is 0 Å². The van der Waals surface area contributed by atoms with Crippen LogP contribution >= 0.6 is 0 Å². The summed E-state index contributed by atoms with van der Waals surface area (Å²) in [5.41, 5.74) is 0. The van der Waals surface area contributed by atoms with Crippen LogP contribution in [0.15, 0.2) is 91.6 Å². The van der Waals surface area contributed by atoms with Crippen molar-refractivity contribution in [3.05, 3.63) is 91.6 Å². The number of hydrogen-bond acceptors (Lipinski definition) is 15. The van der Waals surface area contributed by atoms with E-state index in [2.05, 4.69) is 269 Å². The second kappa shape index (κ2) is 48.3. The number of aromatic nitrogens is 5. The van der Waals surface area contributed by atoms with E-state index >= 15 is 0 Å². The Morgan fingerprint density at radius 2 is 0.542 bits per heavy atom. The van der Waals surface area contributed by atoms with E-state index in [0.717, 1.165) is 35.6 Å². The third-order valence-corrected chi connectivity index (χ3v) is 28.0. The number of nitrogens with zero attached hydrogens (tertiary/aromatic N) is 20. The number of rotatable bonds is 20. The van der Waals surface area contributed by atoms with Crippen LogP contribution in [0.2, 0.25) is 68.2 Å². The van der Waals surface area contributed by atoms with E-state index in [1.807, 2.05) is 61.3 Å². The predicted octanol–water partition coefficient (Wildman–Crippen LogP) is 5.38. The van der Waals surface area contributed by atoms with Crippen LogP contribution in [-0.2, 0) is 105 Å². The van der Waals surface area contributed by atoms with Gasteiger partial charge in [-0.05, 0) is 93.1 Å². The van der Waals surface area contributed by atoms with Crippen LogP contribution in [0, 0.1) is 0 Å². The Bertz CT molecular complexity index is 2690. The van der Waals surface area contributed by atoms with E-state index < -0.39 is 0 Å². The van der Waals surface area contributed by atoms with Gasteiger partial charge in [-0.25, -0.2) is 0 Å². The Morgan fingerprint density at radius 1 is 0.302 bits per heavy atom. The van der Waals surface area contributed by atoms with Gasteiger partial charge in [-0.2, -0.15) is 0 Å². The quantitative estimate of drug-likeness (QED) is 0.0733. The topological polar surface area (TPSA) is 119 Å². The Kier molecular flexibility index (Phi) is 47.4. The fourth-order valence-corrected chi connectivity index (χ4v) is 20.1. The van der Waals surface area contributed by atoms with Crippen LogP contribution in [0.25, 0.3) is 0 Å². The molecule has 0 N–H and O–H groups in total. The summed E-state index contributed by atoms with van der Waals surface area (Å²) in [7, 11) is 11.8. The summed E-state index contributed by atoms with van der Waals surface area (Å²) in [6, 6.07) is 21.2. The van der Waals surface area contributed by atoms with Gasteiger partial charge < -0.3 is 93.3 Å². The van der Waals surface area contributed by atoms with Crippen molar-refractivity contribution in [1.82, 2.24) is 70.9 Å². The van der Waals surface area contributed by atoms with Gasteiger partial charge in [-0.3, -0.25) is 0 Å². The van der Waals surface area contributed by atoms with Crippen molar-refractivity contribution >= 4 is 148 Å². The molecular formula is C56H112B10N20Pt5Si5-5. The molecular weight excluding hydrogens is 2180 g/mol. The van der Waals surface area contributed by atoms with Crippen LogP contribution in [-0.4, -0.2) is 232 Å². The first-order chi connectivity index (χ1) is 43.6. The summed E-state index contributed by atoms with van der Waals surface area (Å²) >= 11 is 0. The molecule has 0 bridgehead atoms. The van der Waals surface area contributed by atoms with Crippen molar-refractivity contribution in [1.29, 1.82) is 0 Å². The van der Waals surface area contributed by atoms with Gasteiger partial charge in [0.05, 0.1) is 49.2 Å². The molecule has 0 unspecified atom stereocenters. The summed E-state index contributed by atoms with van der Waals surface area (Å²) in [6.07, 6.45) is 22.3. The van der Waals surface area contributed by atoms with Crippen LogP contribution in [0.4, 0.5) is 29.1 Å². The Labute approximate surface area is 673 Å². The van der Waals surface area contributed by atoms with Gasteiger partial charge in [0, 0.05) is 105 Å². The third-order valence-electron chi connectivity index (χ3n) is 19.3. The Hall–Kier alpha value is 0.175. The van der Waals surface area contributed by atoms with E-state index in [0.29, 0.717) is 75.9 Å². The molecule has 10 heterocycles. The minimum atomic E-state index is 0. The van der Waals surface area contributed by atoms with Gasteiger partial charge in [0.25, 0.3) is 34.9 Å². The van der Waals surface area contributed by atoms with E-state index in [1.165, 1.54) is 83.8 Å². The molecule has 5 aromatic rings. The SMILES string of the molecule is CB1N(C)[SiH]N(c2ccc[n-]2)B(C)N1C(C)C.CCCCCCN1B(C)N(C)[SiH]N(c2ccc[n-]2)B1C.CCCCCN1B(C)N(C)[SiH]N(c2ccc[n-]2)B1C.CCCCN1B(C)N(C)[SiH]N(c2ccc[n-]2)B1C.CCCN1B(C)N(C)[SiH]N(c2ccc[n-]2)B1C.[Pt].[Pt].[Pt].[Pt].[Pt]. The van der Waals surface area contributed by atoms with Crippen molar-refractivity contribution in [2.45, 2.75) is 180 Å². The molecule has 10 rings (SSSR count). The predicted molar refractivity (Wildman–Crippen MR) is 415 cm³/mol. The summed E-state index contributed by atoms with van der Waals surface area (Å²) in [5.74, 6) is 5.61. The second-order valence-electron chi connectivity index (χ2n) is 25.9. The number of anilines is 5. The number of unbranched alkanes of at least 4 members (excludes halogenated alkanes) is 6. The molecule has 0 amide bonds. The molecule has 0 aromatic carbocycles. The van der Waals surface area contributed by atoms with Crippen LogP contribution in [0.5, 0.6) is 0 Å². The number of hydrogen-bond donors (Lipinski definition) is 0. The first-order valence-electron chi connectivity index (χ1n) is 34.6. The van der Waals surface area contributed by atoms with Crippen molar-refractivity contribution in [3.8, 4) is 0 Å². The molecule has 5 radical (unpaired) electrons. The molecule has 5 aliphatic rings. The van der Waals surface area contributed by atoms with Crippen molar-refractivity contribution in [2.75, 3.05) is 83.8 Å². The maximum absolute atomic E-state index is 4.49. The van der Waals surface area contributed by atoms with Gasteiger partial charge in [0.15, 0.2) is 0 Å². The summed E-state index contributed by atoms with van der Waals surface area (Å²) in [5, 5.41) is 0. The van der Waals surface area contributed by atoms with Gasteiger partial charge in [0.2, 0.25) is 34.9 Å². The smallest absolute Gasteiger partial charge is 0.288 e. The zero-order chi connectivity index (χ0) is 66.5. The third kappa shape index (κ3) is 26.0. The van der Waals surface area contributed by atoms with Gasteiger partial charge in [-0.15, -0.1) is 0 Å². The molecule has 40 heteroatoms. The van der Waals surface area contributed by atoms with E-state index in [1.54, 1.807) is 0 Å². The monoisotopic (exact) mass is 2290 g/mol. The van der Waals surface area contributed by atoms with Crippen LogP contribution < -0.4 is 47.3 Å². The Morgan fingerprint density at radius 3 is 0.792 bits per heavy atom. The Balaban J connectivity index is 0.000000593. The van der Waals surface area contributed by atoms with Gasteiger partial charge in [0.1, 0.15) is 0 Å². The summed E-state index contributed by atoms with van der Waals surface area (Å²) in [4.78, 5) is 22.3. The average Bonchev–Trinajstić information content (AvgIpc) is 1.37. The summed E-state index contributed by atoms with van der Waals surface area (Å²) in [6.45, 7) is 46.2. The van der Waals surface area contributed by atoms with Crippen molar-refractivity contribution < 1.29 is 105 Å². The molecule has 0 aliphatic carbocycles. The largest absolute Gasteiger partial charge is 0.477 e. The molecule has 0 saturated carbocycles. The first-order valence-corrected chi connectivity index (χ1v) is 39.7. The fourth-order valence-electron chi connectivity index (χ4n) is 13.1. The maximum Gasteiger partial charge on any atom is 0.288 e. The fraction of sp³-hybridized carbons (Fsp3) is 0.643. The zero-order valence-electron chi connectivity index (χ0n) is 61.8. The van der Waals surface area contributed by atoms with E-state index in [-0.39, 0.29) is 155 Å². The van der Waals surface area contributed by atoms with Crippen molar-refractivity contribution in [3.63, 3.8) is 0 Å². The molecule has 541 valence electrons. The van der Waals surface area contributed by atoms with Crippen LogP contribution in [0.1, 0.15) is 106 Å². The van der Waals surface area contributed by atoms with E-state index in [4.69, 9.17) is 0 Å². The average molecular weight is 2290 g/mol. The molecule has 5 fully saturated rings. The standard InChI is InChI=1S/C13H26B2N4Si.C12H24B2N4Si.C11H22B2N4Si.2C10H20B2N4Si.5Pt/c1-5-6-7-8-12-18-14(2)17(4)20-19(15(18)3)13-10-9-11-16-13;1-5-6-7-11-17-13(2)16(4)19-18(14(17)3)12-9-8-10-15-12;1-5-6-10-16-12(2)15(4)18-17(13(16)3)11-8-7-9-14-11;1-9(2)15-11(3)14(5)17-16(12(15)4)10-7-6-8-13-10;1-5-9-15-11(2)14(4)17-16(12(15)3)10-7-6-8-13-10;;;;;/h9-11,20H,5-8,12H2,1-4H3;8-10,19H,5-7,11H2,1-4H3;7-9,18H,5-6,10H2,1-4H3;6-9,17H,1-5H3;6-8,17H,5,9H2,1-4H3;;;;;/q5*-1;;;;;. The zero-order valence-corrected chi connectivity index (χ0v) is 79.0. The first kappa shape index (κ1) is 94.2. The molecule has 0 atom stereocenters. The molecule has 5 aliphatic heterocycles. The molecule has 20 nitrogen and oxygen atoms in total. The van der Waals surface area contributed by atoms with Crippen molar-refractivity contribution in [2.24, 2.45) is 0 Å². The normalized spacial score (nSPS) is 17.8. The maximum atomic E-state index is 4.49. The molecule has 0 spiro atoms. The van der Waals surface area contributed by atoms with Gasteiger partial charge in [-0.1, -0.05) is 269 Å². The molecule has 96 heavy (non-hydrogen) atoms. The molecule has 5 saturated heterocycles. The summed E-state index contributed by atoms with van der Waals surface area (Å²) < 4.78 is 37.4.